The van der Waals surface area contributed by atoms with Gasteiger partial charge in [-0.15, -0.1) is 0 Å². The van der Waals surface area contributed by atoms with Gasteiger partial charge in [-0.3, -0.25) is 4.84 Å². The average Bonchev–Trinajstić information content (AvgIpc) is 2.52. The summed E-state index contributed by atoms with van der Waals surface area (Å²) in [6.45, 7) is 5.93. The zero-order chi connectivity index (χ0) is 16.9. The third-order valence-corrected chi connectivity index (χ3v) is 3.16. The first-order valence-electron chi connectivity index (χ1n) is 7.73. The van der Waals surface area contributed by atoms with Gasteiger partial charge in [-0.1, -0.05) is 30.3 Å². The molecule has 0 bridgehead atoms. The first kappa shape index (κ1) is 17.3. The van der Waals surface area contributed by atoms with Crippen LogP contribution in [0.15, 0.2) is 30.3 Å². The third-order valence-electron chi connectivity index (χ3n) is 3.16. The van der Waals surface area contributed by atoms with Crippen molar-refractivity contribution in [2.75, 3.05) is 6.54 Å². The average molecular weight is 321 g/mol. The summed E-state index contributed by atoms with van der Waals surface area (Å²) in [6, 6.07) is 9.38. The van der Waals surface area contributed by atoms with Crippen LogP contribution in [0.25, 0.3) is 0 Å². The predicted octanol–water partition coefficient (Wildman–Crippen LogP) is 3.06. The molecular formula is C17H23NO5. The second kappa shape index (κ2) is 7.46. The molecule has 1 fully saturated rings. The minimum atomic E-state index is -0.771. The number of benzene rings is 1. The van der Waals surface area contributed by atoms with E-state index in [2.05, 4.69) is 0 Å². The van der Waals surface area contributed by atoms with Crippen LogP contribution in [-0.4, -0.2) is 35.4 Å². The van der Waals surface area contributed by atoms with Crippen LogP contribution in [0.3, 0.4) is 0 Å². The Morgan fingerprint density at radius 2 is 1.96 bits per heavy atom. The van der Waals surface area contributed by atoms with Gasteiger partial charge in [0, 0.05) is 0 Å². The van der Waals surface area contributed by atoms with Gasteiger partial charge in [-0.25, -0.2) is 9.59 Å². The monoisotopic (exact) mass is 321 g/mol. The van der Waals surface area contributed by atoms with Crippen LogP contribution in [-0.2, 0) is 25.7 Å². The molecule has 1 aliphatic rings. The van der Waals surface area contributed by atoms with Gasteiger partial charge in [0.05, 0.1) is 6.54 Å². The van der Waals surface area contributed by atoms with E-state index >= 15 is 0 Å². The molecule has 0 spiro atoms. The Labute approximate surface area is 136 Å². The normalized spacial score (nSPS) is 18.4. The molecule has 1 aromatic carbocycles. The summed E-state index contributed by atoms with van der Waals surface area (Å²) in [5, 5.41) is 1.10. The smallest absolute Gasteiger partial charge is 0.434 e. The topological polar surface area (TPSA) is 65.1 Å². The molecule has 23 heavy (non-hydrogen) atoms. The van der Waals surface area contributed by atoms with Gasteiger partial charge < -0.3 is 9.47 Å². The van der Waals surface area contributed by atoms with Gasteiger partial charge in [0.15, 0.2) is 6.10 Å². The highest BCUT2D eigenvalue weighted by molar-refractivity contribution is 5.75. The van der Waals surface area contributed by atoms with E-state index in [1.165, 1.54) is 0 Å². The zero-order valence-electron chi connectivity index (χ0n) is 13.8. The molecule has 1 atom stereocenters. The zero-order valence-corrected chi connectivity index (χ0v) is 13.8. The van der Waals surface area contributed by atoms with E-state index in [4.69, 9.17) is 14.3 Å². The maximum atomic E-state index is 12.1. The van der Waals surface area contributed by atoms with Gasteiger partial charge in [-0.2, -0.15) is 5.06 Å². The lowest BCUT2D eigenvalue weighted by atomic mass is 10.1. The summed E-state index contributed by atoms with van der Waals surface area (Å²) in [6.07, 6.45) is -0.184. The molecule has 0 unspecified atom stereocenters. The fourth-order valence-electron chi connectivity index (χ4n) is 2.13. The third kappa shape index (κ3) is 5.56. The van der Waals surface area contributed by atoms with Crippen molar-refractivity contribution in [1.82, 2.24) is 5.06 Å². The SMILES string of the molecule is CC(C)(C)OC(=O)[C@H]1CCCN(C(=O)OCc2ccccc2)O1. The Morgan fingerprint density at radius 1 is 1.26 bits per heavy atom. The fourth-order valence-corrected chi connectivity index (χ4v) is 2.13. The number of rotatable bonds is 3. The highest BCUT2D eigenvalue weighted by atomic mass is 16.7. The molecule has 0 aliphatic carbocycles. The van der Waals surface area contributed by atoms with Gasteiger partial charge in [0.2, 0.25) is 0 Å². The van der Waals surface area contributed by atoms with Crippen LogP contribution in [0.2, 0.25) is 0 Å². The van der Waals surface area contributed by atoms with Crippen LogP contribution in [0.4, 0.5) is 4.79 Å². The second-order valence-electron chi connectivity index (χ2n) is 6.41. The Kier molecular flexibility index (Phi) is 5.60. The van der Waals surface area contributed by atoms with Crippen molar-refractivity contribution in [3.63, 3.8) is 0 Å². The number of hydrogen-bond donors (Lipinski definition) is 0. The molecule has 0 radical (unpaired) electrons. The van der Waals surface area contributed by atoms with Crippen LogP contribution in [0.1, 0.15) is 39.2 Å². The first-order chi connectivity index (χ1) is 10.8. The number of carbonyl (C=O) groups excluding carboxylic acids is 2. The lowest BCUT2D eigenvalue weighted by molar-refractivity contribution is -0.219. The summed E-state index contributed by atoms with van der Waals surface area (Å²) >= 11 is 0. The molecule has 0 saturated carbocycles. The fraction of sp³-hybridized carbons (Fsp3) is 0.529. The van der Waals surface area contributed by atoms with Crippen molar-refractivity contribution in [3.05, 3.63) is 35.9 Å². The predicted molar refractivity (Wildman–Crippen MR) is 83.3 cm³/mol. The molecule has 0 N–H and O–H groups in total. The molecule has 1 aromatic rings. The van der Waals surface area contributed by atoms with Crippen molar-refractivity contribution in [2.45, 2.75) is 51.9 Å². The Bertz CT molecular complexity index is 538. The second-order valence-corrected chi connectivity index (χ2v) is 6.41. The van der Waals surface area contributed by atoms with Crippen LogP contribution in [0, 0.1) is 0 Å². The van der Waals surface area contributed by atoms with E-state index in [0.29, 0.717) is 19.4 Å². The van der Waals surface area contributed by atoms with Gasteiger partial charge in [-0.05, 0) is 39.2 Å². The van der Waals surface area contributed by atoms with Crippen molar-refractivity contribution < 1.29 is 23.9 Å². The minimum absolute atomic E-state index is 0.163. The van der Waals surface area contributed by atoms with E-state index in [1.807, 2.05) is 30.3 Å². The number of hydrogen-bond acceptors (Lipinski definition) is 5. The van der Waals surface area contributed by atoms with E-state index in [-0.39, 0.29) is 6.61 Å². The van der Waals surface area contributed by atoms with Gasteiger partial charge >= 0.3 is 12.1 Å². The Balaban J connectivity index is 1.85. The largest absolute Gasteiger partial charge is 0.458 e. The lowest BCUT2D eigenvalue weighted by Crippen LogP contribution is -2.45. The number of amides is 1. The number of esters is 1. The maximum Gasteiger partial charge on any atom is 0.434 e. The number of ether oxygens (including phenoxy) is 2. The van der Waals surface area contributed by atoms with E-state index < -0.39 is 23.8 Å². The molecule has 1 aliphatic heterocycles. The molecule has 2 rings (SSSR count). The molecule has 6 nitrogen and oxygen atoms in total. The first-order valence-corrected chi connectivity index (χ1v) is 7.73. The maximum absolute atomic E-state index is 12.1. The van der Waals surface area contributed by atoms with Crippen molar-refractivity contribution in [3.8, 4) is 0 Å². The summed E-state index contributed by atoms with van der Waals surface area (Å²) in [5.41, 5.74) is 0.304. The van der Waals surface area contributed by atoms with Crippen LogP contribution < -0.4 is 0 Å². The molecule has 1 saturated heterocycles. The van der Waals surface area contributed by atoms with Crippen molar-refractivity contribution in [1.29, 1.82) is 0 Å². The molecule has 1 amide bonds. The summed E-state index contributed by atoms with van der Waals surface area (Å²) in [7, 11) is 0. The van der Waals surface area contributed by atoms with Crippen LogP contribution >= 0.6 is 0 Å². The highest BCUT2D eigenvalue weighted by Crippen LogP contribution is 2.19. The van der Waals surface area contributed by atoms with Crippen molar-refractivity contribution >= 4 is 12.1 Å². The van der Waals surface area contributed by atoms with Gasteiger partial charge in [0.25, 0.3) is 0 Å². The van der Waals surface area contributed by atoms with E-state index in [9.17, 15) is 9.59 Å². The number of hydroxylamine groups is 2. The Hall–Kier alpha value is -2.08. The Morgan fingerprint density at radius 3 is 2.61 bits per heavy atom. The quantitative estimate of drug-likeness (QED) is 0.801. The molecular weight excluding hydrogens is 298 g/mol. The standard InChI is InChI=1S/C17H23NO5/c1-17(2,3)22-15(19)14-10-7-11-18(23-14)16(20)21-12-13-8-5-4-6-9-13/h4-6,8-9,14H,7,10-12H2,1-3H3/t14-/m1/s1. The number of nitrogens with zero attached hydrogens (tertiary/aromatic N) is 1. The highest BCUT2D eigenvalue weighted by Gasteiger charge is 2.33. The number of carbonyl (C=O) groups is 2. The van der Waals surface area contributed by atoms with Crippen molar-refractivity contribution in [2.24, 2.45) is 0 Å². The van der Waals surface area contributed by atoms with E-state index in [1.54, 1.807) is 20.8 Å². The minimum Gasteiger partial charge on any atom is -0.458 e. The molecule has 1 heterocycles. The summed E-state index contributed by atoms with van der Waals surface area (Å²) < 4.78 is 10.5. The summed E-state index contributed by atoms with van der Waals surface area (Å²) in [5.74, 6) is -0.460. The molecule has 6 heteroatoms. The van der Waals surface area contributed by atoms with Crippen LogP contribution in [0.5, 0.6) is 0 Å². The molecule has 126 valence electrons. The van der Waals surface area contributed by atoms with Gasteiger partial charge in [0.1, 0.15) is 12.2 Å². The summed E-state index contributed by atoms with van der Waals surface area (Å²) in [4.78, 5) is 29.5. The van der Waals surface area contributed by atoms with E-state index in [0.717, 1.165) is 10.6 Å². The molecule has 0 aromatic heterocycles. The lowest BCUT2D eigenvalue weighted by Gasteiger charge is -2.31.